The molecule has 0 aliphatic carbocycles. The summed E-state index contributed by atoms with van der Waals surface area (Å²) in [6.45, 7) is 5.73. The van der Waals surface area contributed by atoms with Crippen LogP contribution in [0.5, 0.6) is 0 Å². The molecule has 1 atom stereocenters. The second-order valence-corrected chi connectivity index (χ2v) is 7.02. The van der Waals surface area contributed by atoms with Gasteiger partial charge < -0.3 is 9.80 Å². The molecule has 5 heteroatoms. The molecule has 0 N–H and O–H groups in total. The van der Waals surface area contributed by atoms with E-state index in [1.54, 1.807) is 6.07 Å². The molecule has 1 amide bonds. The minimum absolute atomic E-state index is 0.161. The number of anilines is 2. The van der Waals surface area contributed by atoms with Gasteiger partial charge in [0, 0.05) is 38.4 Å². The van der Waals surface area contributed by atoms with Crippen LogP contribution in [0, 0.1) is 5.82 Å². The van der Waals surface area contributed by atoms with Crippen molar-refractivity contribution in [3.05, 3.63) is 59.9 Å². The highest BCUT2D eigenvalue weighted by Crippen LogP contribution is 2.29. The molecule has 4 rings (SSSR count). The van der Waals surface area contributed by atoms with Crippen molar-refractivity contribution in [1.29, 1.82) is 0 Å². The van der Waals surface area contributed by atoms with Crippen molar-refractivity contribution in [2.75, 3.05) is 42.5 Å². The molecular formula is C21H24FN3O. The molecule has 2 heterocycles. The zero-order valence-electron chi connectivity index (χ0n) is 15.1. The van der Waals surface area contributed by atoms with Crippen molar-refractivity contribution < 1.29 is 9.18 Å². The number of carbonyl (C=O) groups excluding carboxylic acids is 1. The molecule has 2 aromatic rings. The highest BCUT2D eigenvalue weighted by atomic mass is 19.1. The Hall–Kier alpha value is -2.40. The smallest absolute Gasteiger partial charge is 0.244 e. The molecule has 4 nitrogen and oxygen atoms in total. The maximum atomic E-state index is 14.0. The molecule has 136 valence electrons. The van der Waals surface area contributed by atoms with Crippen molar-refractivity contribution in [2.45, 2.75) is 19.4 Å². The van der Waals surface area contributed by atoms with Gasteiger partial charge in [0.15, 0.2) is 0 Å². The van der Waals surface area contributed by atoms with Gasteiger partial charge >= 0.3 is 0 Å². The van der Waals surface area contributed by atoms with Gasteiger partial charge in [-0.15, -0.1) is 0 Å². The zero-order chi connectivity index (χ0) is 18.1. The van der Waals surface area contributed by atoms with Gasteiger partial charge in [-0.25, -0.2) is 4.39 Å². The summed E-state index contributed by atoms with van der Waals surface area (Å²) in [5.41, 5.74) is 2.95. The van der Waals surface area contributed by atoms with Gasteiger partial charge in [-0.2, -0.15) is 0 Å². The average molecular weight is 353 g/mol. The Labute approximate surface area is 153 Å². The van der Waals surface area contributed by atoms with Gasteiger partial charge in [0.25, 0.3) is 0 Å². The minimum Gasteiger partial charge on any atom is -0.367 e. The van der Waals surface area contributed by atoms with E-state index in [0.717, 1.165) is 44.8 Å². The van der Waals surface area contributed by atoms with Crippen LogP contribution in [0.2, 0.25) is 0 Å². The standard InChI is InChI=1S/C21H24FN3O/c1-16(21(26)25-11-10-17-6-2-4-8-19(17)25)23-12-14-24(15-13-23)20-9-5-3-7-18(20)22/h2-9,16H,10-15H2,1H3/t16-/m0/s1. The Balaban J connectivity index is 1.40. The number of hydrogen-bond donors (Lipinski definition) is 0. The molecule has 0 bridgehead atoms. The third-order valence-corrected chi connectivity index (χ3v) is 5.57. The summed E-state index contributed by atoms with van der Waals surface area (Å²) >= 11 is 0. The van der Waals surface area contributed by atoms with Crippen molar-refractivity contribution in [2.24, 2.45) is 0 Å². The molecule has 2 aliphatic heterocycles. The summed E-state index contributed by atoms with van der Waals surface area (Å²) in [7, 11) is 0. The first-order valence-electron chi connectivity index (χ1n) is 9.28. The summed E-state index contributed by atoms with van der Waals surface area (Å²) in [4.78, 5) is 19.2. The van der Waals surface area contributed by atoms with Crippen molar-refractivity contribution in [3.8, 4) is 0 Å². The molecule has 0 spiro atoms. The number of carbonyl (C=O) groups is 1. The van der Waals surface area contributed by atoms with Crippen LogP contribution in [0.15, 0.2) is 48.5 Å². The predicted octanol–water partition coefficient (Wildman–Crippen LogP) is 2.93. The Morgan fingerprint density at radius 1 is 0.923 bits per heavy atom. The predicted molar refractivity (Wildman–Crippen MR) is 102 cm³/mol. The zero-order valence-corrected chi connectivity index (χ0v) is 15.1. The fourth-order valence-electron chi connectivity index (χ4n) is 4.01. The van der Waals surface area contributed by atoms with E-state index in [9.17, 15) is 9.18 Å². The molecule has 2 aromatic carbocycles. The Kier molecular flexibility index (Phi) is 4.64. The lowest BCUT2D eigenvalue weighted by Gasteiger charge is -2.39. The van der Waals surface area contributed by atoms with Crippen LogP contribution < -0.4 is 9.80 Å². The number of para-hydroxylation sites is 2. The van der Waals surface area contributed by atoms with E-state index in [4.69, 9.17) is 0 Å². The summed E-state index contributed by atoms with van der Waals surface area (Å²) in [5, 5.41) is 0. The summed E-state index contributed by atoms with van der Waals surface area (Å²) in [5.74, 6) is -0.0203. The maximum Gasteiger partial charge on any atom is 0.244 e. The third-order valence-electron chi connectivity index (χ3n) is 5.57. The van der Waals surface area contributed by atoms with Crippen LogP contribution >= 0.6 is 0 Å². The number of piperazine rings is 1. The molecular weight excluding hydrogens is 329 g/mol. The number of nitrogens with zero attached hydrogens (tertiary/aromatic N) is 3. The Morgan fingerprint density at radius 2 is 1.58 bits per heavy atom. The number of halogens is 1. The van der Waals surface area contributed by atoms with E-state index in [-0.39, 0.29) is 17.8 Å². The van der Waals surface area contributed by atoms with Gasteiger partial charge in [-0.1, -0.05) is 30.3 Å². The maximum absolute atomic E-state index is 14.0. The van der Waals surface area contributed by atoms with Gasteiger partial charge in [-0.3, -0.25) is 9.69 Å². The van der Waals surface area contributed by atoms with Gasteiger partial charge in [0.05, 0.1) is 11.7 Å². The van der Waals surface area contributed by atoms with Crippen molar-refractivity contribution in [3.63, 3.8) is 0 Å². The lowest BCUT2D eigenvalue weighted by atomic mass is 10.1. The topological polar surface area (TPSA) is 26.8 Å². The SMILES string of the molecule is C[C@@H](C(=O)N1CCc2ccccc21)N1CCN(c2ccccc2F)CC1. The minimum atomic E-state index is -0.182. The van der Waals surface area contributed by atoms with E-state index >= 15 is 0 Å². The lowest BCUT2D eigenvalue weighted by Crippen LogP contribution is -2.54. The average Bonchev–Trinajstić information content (AvgIpc) is 3.11. The van der Waals surface area contributed by atoms with Crippen LogP contribution in [0.1, 0.15) is 12.5 Å². The van der Waals surface area contributed by atoms with Crippen molar-refractivity contribution in [1.82, 2.24) is 4.90 Å². The molecule has 26 heavy (non-hydrogen) atoms. The van der Waals surface area contributed by atoms with E-state index in [1.165, 1.54) is 11.6 Å². The van der Waals surface area contributed by atoms with Gasteiger partial charge in [0.1, 0.15) is 5.82 Å². The van der Waals surface area contributed by atoms with Crippen LogP contribution in [-0.2, 0) is 11.2 Å². The van der Waals surface area contributed by atoms with Gasteiger partial charge in [0.2, 0.25) is 5.91 Å². The van der Waals surface area contributed by atoms with E-state index in [1.807, 2.05) is 42.2 Å². The summed E-state index contributed by atoms with van der Waals surface area (Å²) < 4.78 is 14.0. The lowest BCUT2D eigenvalue weighted by molar-refractivity contribution is -0.123. The van der Waals surface area contributed by atoms with Crippen LogP contribution in [0.3, 0.4) is 0 Å². The number of rotatable bonds is 3. The first-order valence-corrected chi connectivity index (χ1v) is 9.28. The molecule has 0 unspecified atom stereocenters. The number of fused-ring (bicyclic) bond motifs is 1. The van der Waals surface area contributed by atoms with Crippen LogP contribution in [0.4, 0.5) is 15.8 Å². The second-order valence-electron chi connectivity index (χ2n) is 7.02. The molecule has 0 saturated carbocycles. The fraction of sp³-hybridized carbons (Fsp3) is 0.381. The highest BCUT2D eigenvalue weighted by Gasteiger charge is 2.32. The normalized spacial score (nSPS) is 18.7. The van der Waals surface area contributed by atoms with Crippen LogP contribution in [-0.4, -0.2) is 49.6 Å². The van der Waals surface area contributed by atoms with E-state index in [2.05, 4.69) is 15.9 Å². The van der Waals surface area contributed by atoms with Crippen LogP contribution in [0.25, 0.3) is 0 Å². The highest BCUT2D eigenvalue weighted by molar-refractivity contribution is 5.98. The van der Waals surface area contributed by atoms with Crippen molar-refractivity contribution >= 4 is 17.3 Å². The van der Waals surface area contributed by atoms with Gasteiger partial charge in [-0.05, 0) is 37.1 Å². The number of benzene rings is 2. The summed E-state index contributed by atoms with van der Waals surface area (Å²) in [6.07, 6.45) is 0.926. The third kappa shape index (κ3) is 3.07. The monoisotopic (exact) mass is 353 g/mol. The molecule has 2 aliphatic rings. The number of hydrogen-bond acceptors (Lipinski definition) is 3. The molecule has 0 aromatic heterocycles. The first-order chi connectivity index (χ1) is 12.6. The Bertz CT molecular complexity index is 801. The fourth-order valence-corrected chi connectivity index (χ4v) is 4.01. The first kappa shape index (κ1) is 17.0. The van der Waals surface area contributed by atoms with E-state index in [0.29, 0.717) is 5.69 Å². The number of amides is 1. The summed E-state index contributed by atoms with van der Waals surface area (Å²) in [6, 6.07) is 14.9. The largest absolute Gasteiger partial charge is 0.367 e. The Morgan fingerprint density at radius 3 is 2.31 bits per heavy atom. The molecule has 0 radical (unpaired) electrons. The quantitative estimate of drug-likeness (QED) is 0.849. The molecule has 1 fully saturated rings. The van der Waals surface area contributed by atoms with E-state index < -0.39 is 0 Å². The second kappa shape index (κ2) is 7.08. The molecule has 1 saturated heterocycles.